The highest BCUT2D eigenvalue weighted by molar-refractivity contribution is 7.98. The van der Waals surface area contributed by atoms with Crippen molar-refractivity contribution in [2.24, 2.45) is 5.73 Å². The highest BCUT2D eigenvalue weighted by atomic mass is 35.5. The molecule has 1 aliphatic rings. The maximum Gasteiger partial charge on any atom is 0.269 e. The lowest BCUT2D eigenvalue weighted by molar-refractivity contribution is 0.373. The standard InChI is InChI=1S/C12H15N3OS2.ClH/c1-17-8-4-7-18-9(8)10-14-11(15-16-10)12(13)5-2-3-6-12;/h4,7H,2-3,5-6,13H2,1H3;1H. The largest absolute Gasteiger partial charge is 0.333 e. The van der Waals surface area contributed by atoms with Crippen LogP contribution in [-0.4, -0.2) is 16.4 Å². The minimum absolute atomic E-state index is 0. The predicted octanol–water partition coefficient (Wildman–Crippen LogP) is 3.67. The Morgan fingerprint density at radius 1 is 1.42 bits per heavy atom. The van der Waals surface area contributed by atoms with Gasteiger partial charge in [-0.1, -0.05) is 18.0 Å². The zero-order valence-corrected chi connectivity index (χ0v) is 13.0. The van der Waals surface area contributed by atoms with Crippen molar-refractivity contribution < 1.29 is 4.52 Å². The van der Waals surface area contributed by atoms with Gasteiger partial charge in [0.1, 0.15) is 4.88 Å². The van der Waals surface area contributed by atoms with E-state index in [0.717, 1.165) is 30.6 Å². The minimum atomic E-state index is -0.376. The van der Waals surface area contributed by atoms with Crippen LogP contribution in [0.1, 0.15) is 31.5 Å². The summed E-state index contributed by atoms with van der Waals surface area (Å²) in [5.74, 6) is 1.26. The summed E-state index contributed by atoms with van der Waals surface area (Å²) in [5, 5.41) is 6.13. The van der Waals surface area contributed by atoms with E-state index in [1.54, 1.807) is 23.1 Å². The van der Waals surface area contributed by atoms with Gasteiger partial charge in [0.2, 0.25) is 0 Å². The van der Waals surface area contributed by atoms with Gasteiger partial charge in [-0.2, -0.15) is 4.98 Å². The van der Waals surface area contributed by atoms with Gasteiger partial charge >= 0.3 is 0 Å². The Morgan fingerprint density at radius 3 is 2.84 bits per heavy atom. The topological polar surface area (TPSA) is 64.9 Å². The fourth-order valence-corrected chi connectivity index (χ4v) is 4.03. The van der Waals surface area contributed by atoms with Crippen molar-refractivity contribution >= 4 is 35.5 Å². The zero-order valence-electron chi connectivity index (χ0n) is 10.6. The molecule has 1 aliphatic carbocycles. The van der Waals surface area contributed by atoms with E-state index >= 15 is 0 Å². The molecule has 4 nitrogen and oxygen atoms in total. The molecule has 1 fully saturated rings. The minimum Gasteiger partial charge on any atom is -0.333 e. The Hall–Kier alpha value is -0.560. The molecule has 0 aromatic carbocycles. The highest BCUT2D eigenvalue weighted by Crippen LogP contribution is 2.38. The molecule has 0 saturated heterocycles. The maximum absolute atomic E-state index is 6.33. The second-order valence-corrected chi connectivity index (χ2v) is 6.37. The van der Waals surface area contributed by atoms with Crippen LogP contribution in [0.2, 0.25) is 0 Å². The first-order chi connectivity index (χ1) is 8.73. The molecule has 0 radical (unpaired) electrons. The summed E-state index contributed by atoms with van der Waals surface area (Å²) >= 11 is 3.31. The van der Waals surface area contributed by atoms with Crippen LogP contribution >= 0.6 is 35.5 Å². The third kappa shape index (κ3) is 2.67. The van der Waals surface area contributed by atoms with Crippen molar-refractivity contribution in [3.8, 4) is 10.8 Å². The van der Waals surface area contributed by atoms with Crippen LogP contribution in [0.25, 0.3) is 10.8 Å². The molecule has 0 aliphatic heterocycles. The fraction of sp³-hybridized carbons (Fsp3) is 0.500. The Bertz CT molecular complexity index is 549. The quantitative estimate of drug-likeness (QED) is 0.875. The van der Waals surface area contributed by atoms with Crippen molar-refractivity contribution in [1.29, 1.82) is 0 Å². The molecule has 2 heterocycles. The molecule has 19 heavy (non-hydrogen) atoms. The summed E-state index contributed by atoms with van der Waals surface area (Å²) in [7, 11) is 0. The van der Waals surface area contributed by atoms with Crippen LogP contribution in [0.3, 0.4) is 0 Å². The van der Waals surface area contributed by atoms with Crippen LogP contribution in [0.15, 0.2) is 20.9 Å². The smallest absolute Gasteiger partial charge is 0.269 e. The lowest BCUT2D eigenvalue weighted by Gasteiger charge is -2.17. The molecule has 2 aromatic heterocycles. The summed E-state index contributed by atoms with van der Waals surface area (Å²) in [5.41, 5.74) is 5.95. The highest BCUT2D eigenvalue weighted by Gasteiger charge is 2.36. The number of thiophene rings is 1. The van der Waals surface area contributed by atoms with Gasteiger partial charge in [-0.25, -0.2) is 0 Å². The number of nitrogens with two attached hydrogens (primary N) is 1. The molecular weight excluding hydrogens is 302 g/mol. The number of thioether (sulfide) groups is 1. The molecule has 0 spiro atoms. The molecule has 0 bridgehead atoms. The average Bonchev–Trinajstić information content (AvgIpc) is 3.08. The van der Waals surface area contributed by atoms with E-state index in [9.17, 15) is 0 Å². The van der Waals surface area contributed by atoms with Crippen molar-refractivity contribution in [2.45, 2.75) is 36.1 Å². The van der Waals surface area contributed by atoms with E-state index in [1.165, 1.54) is 4.90 Å². The third-order valence-electron chi connectivity index (χ3n) is 3.41. The molecule has 1 saturated carbocycles. The van der Waals surface area contributed by atoms with E-state index in [4.69, 9.17) is 10.3 Å². The molecular formula is C12H16ClN3OS2. The van der Waals surface area contributed by atoms with Gasteiger partial charge in [-0.3, -0.25) is 0 Å². The van der Waals surface area contributed by atoms with Crippen molar-refractivity contribution in [3.63, 3.8) is 0 Å². The predicted molar refractivity (Wildman–Crippen MR) is 81.0 cm³/mol. The third-order valence-corrected chi connectivity index (χ3v) is 5.22. The Morgan fingerprint density at radius 2 is 2.16 bits per heavy atom. The molecule has 0 amide bonds. The maximum atomic E-state index is 6.33. The number of rotatable bonds is 3. The van der Waals surface area contributed by atoms with Gasteiger partial charge < -0.3 is 10.3 Å². The van der Waals surface area contributed by atoms with E-state index < -0.39 is 0 Å². The molecule has 104 valence electrons. The SMILES string of the molecule is CSc1ccsc1-c1nc(C2(N)CCCC2)no1.Cl. The van der Waals surface area contributed by atoms with Crippen LogP contribution in [-0.2, 0) is 5.54 Å². The first kappa shape index (κ1) is 14.8. The lowest BCUT2D eigenvalue weighted by Crippen LogP contribution is -2.34. The number of halogens is 1. The first-order valence-corrected chi connectivity index (χ1v) is 8.08. The van der Waals surface area contributed by atoms with Crippen LogP contribution < -0.4 is 5.73 Å². The summed E-state index contributed by atoms with van der Waals surface area (Å²) in [4.78, 5) is 6.73. The van der Waals surface area contributed by atoms with Crippen LogP contribution in [0, 0.1) is 0 Å². The van der Waals surface area contributed by atoms with Gasteiger partial charge in [-0.05, 0) is 30.5 Å². The zero-order chi connectivity index (χ0) is 12.6. The molecule has 0 unspecified atom stereocenters. The molecule has 0 atom stereocenters. The van der Waals surface area contributed by atoms with Gasteiger partial charge in [0.05, 0.1) is 5.54 Å². The summed E-state index contributed by atoms with van der Waals surface area (Å²) in [6.45, 7) is 0. The van der Waals surface area contributed by atoms with Crippen molar-refractivity contribution in [3.05, 3.63) is 17.3 Å². The first-order valence-electron chi connectivity index (χ1n) is 5.98. The second-order valence-electron chi connectivity index (χ2n) is 4.60. The number of aromatic nitrogens is 2. The van der Waals surface area contributed by atoms with Crippen molar-refractivity contribution in [2.75, 3.05) is 6.26 Å². The second kappa shape index (κ2) is 5.83. The van der Waals surface area contributed by atoms with Crippen molar-refractivity contribution in [1.82, 2.24) is 10.1 Å². The molecule has 2 N–H and O–H groups in total. The summed E-state index contributed by atoms with van der Waals surface area (Å²) < 4.78 is 5.39. The van der Waals surface area contributed by atoms with E-state index in [0.29, 0.717) is 11.7 Å². The Labute approximate surface area is 126 Å². The lowest BCUT2D eigenvalue weighted by atomic mass is 9.99. The molecule has 7 heteroatoms. The summed E-state index contributed by atoms with van der Waals surface area (Å²) in [6.07, 6.45) is 6.24. The van der Waals surface area contributed by atoms with E-state index in [2.05, 4.69) is 16.2 Å². The van der Waals surface area contributed by atoms with E-state index in [1.807, 2.05) is 11.6 Å². The summed E-state index contributed by atoms with van der Waals surface area (Å²) in [6, 6.07) is 2.07. The van der Waals surface area contributed by atoms with Gasteiger partial charge in [0, 0.05) is 4.90 Å². The van der Waals surface area contributed by atoms with Gasteiger partial charge in [-0.15, -0.1) is 35.5 Å². The number of nitrogens with zero attached hydrogens (tertiary/aromatic N) is 2. The van der Waals surface area contributed by atoms with Crippen LogP contribution in [0.4, 0.5) is 0 Å². The monoisotopic (exact) mass is 317 g/mol. The fourth-order valence-electron chi connectivity index (χ4n) is 2.36. The number of hydrogen-bond donors (Lipinski definition) is 1. The Kier molecular flexibility index (Phi) is 4.55. The van der Waals surface area contributed by atoms with Gasteiger partial charge in [0.25, 0.3) is 5.89 Å². The Balaban J connectivity index is 0.00000133. The van der Waals surface area contributed by atoms with Gasteiger partial charge in [0.15, 0.2) is 5.82 Å². The molecule has 2 aromatic rings. The number of hydrogen-bond acceptors (Lipinski definition) is 6. The molecule has 3 rings (SSSR count). The normalized spacial score (nSPS) is 17.4. The van der Waals surface area contributed by atoms with Crippen LogP contribution in [0.5, 0.6) is 0 Å². The average molecular weight is 318 g/mol. The van der Waals surface area contributed by atoms with E-state index in [-0.39, 0.29) is 17.9 Å².